The van der Waals surface area contributed by atoms with Gasteiger partial charge in [0.15, 0.2) is 0 Å². The normalized spacial score (nSPS) is 10.6. The Morgan fingerprint density at radius 2 is 2.12 bits per heavy atom. The summed E-state index contributed by atoms with van der Waals surface area (Å²) in [6.45, 7) is 0. The number of thioether (sulfide) groups is 1. The van der Waals surface area contributed by atoms with E-state index >= 15 is 0 Å². The minimum atomic E-state index is -0.802. The molecule has 0 bridgehead atoms. The average Bonchev–Trinajstić information content (AvgIpc) is 1.65. The molecule has 0 aliphatic carbocycles. The molecule has 4 heteroatoms. The number of halogens is 1. The van der Waals surface area contributed by atoms with Gasteiger partial charge in [0.05, 0.1) is 0 Å². The first-order chi connectivity index (χ1) is 3.66. The Hall–Kier alpha value is 0.970. The third-order valence-electron chi connectivity index (χ3n) is 0.452. The van der Waals surface area contributed by atoms with Crippen LogP contribution in [0.3, 0.4) is 0 Å². The topological polar surface area (TPSA) is 12.0 Å². The van der Waals surface area contributed by atoms with Crippen LogP contribution in [0.4, 0.5) is 0 Å². The van der Waals surface area contributed by atoms with E-state index in [1.165, 1.54) is 0 Å². The van der Waals surface area contributed by atoms with Crippen LogP contribution in [0, 0.1) is 0 Å². The van der Waals surface area contributed by atoms with Gasteiger partial charge in [-0.05, 0) is 0 Å². The van der Waals surface area contributed by atoms with E-state index in [0.717, 1.165) is 4.32 Å². The monoisotopic (exact) mass is 263 g/mol. The molecule has 0 heterocycles. The van der Waals surface area contributed by atoms with Crippen LogP contribution in [0.1, 0.15) is 0 Å². The van der Waals surface area contributed by atoms with Crippen molar-refractivity contribution in [1.29, 1.82) is 0 Å². The van der Waals surface area contributed by atoms with Gasteiger partial charge < -0.3 is 0 Å². The minimum absolute atomic E-state index is 0.802. The Labute approximate surface area is 67.7 Å². The molecular weight excluding hydrogens is 253 g/mol. The van der Waals surface area contributed by atoms with Gasteiger partial charge in [-0.25, -0.2) is 0 Å². The molecule has 0 atom stereocenters. The van der Waals surface area contributed by atoms with E-state index in [2.05, 4.69) is 13.4 Å². The summed E-state index contributed by atoms with van der Waals surface area (Å²) < 4.78 is 4.19. The van der Waals surface area contributed by atoms with Crippen LogP contribution in [0.25, 0.3) is 0 Å². The van der Waals surface area contributed by atoms with Crippen LogP contribution in [0.5, 0.6) is 0 Å². The maximum atomic E-state index is 4.92. The van der Waals surface area contributed by atoms with Gasteiger partial charge in [0.1, 0.15) is 0 Å². The van der Waals surface area contributed by atoms with Gasteiger partial charge in [0.2, 0.25) is 0 Å². The van der Waals surface area contributed by atoms with E-state index in [0.29, 0.717) is 0 Å². The zero-order valence-electron chi connectivity index (χ0n) is 5.19. The van der Waals surface area contributed by atoms with E-state index < -0.39 is 20.1 Å². The number of thiocarbonyl (C=S) groups is 1. The van der Waals surface area contributed by atoms with E-state index in [-0.39, 0.29) is 0 Å². The maximum absolute atomic E-state index is 4.92. The number of rotatable bonds is 1. The molecule has 0 aromatic carbocycles. The van der Waals surface area contributed by atoms with Crippen molar-refractivity contribution in [3.05, 3.63) is 0 Å². The van der Waals surface area contributed by atoms with Gasteiger partial charge >= 0.3 is 68.0 Å². The SMILES string of the molecule is CSC(=S)NI(C)C. The molecule has 0 aromatic rings. The second kappa shape index (κ2) is 4.81. The summed E-state index contributed by atoms with van der Waals surface area (Å²) in [5, 5.41) is 0. The Bertz CT molecular complexity index is 84.1. The second-order valence-electron chi connectivity index (χ2n) is 1.34. The van der Waals surface area contributed by atoms with Crippen molar-refractivity contribution in [2.24, 2.45) is 0 Å². The molecule has 0 aromatic heterocycles. The fourth-order valence-corrected chi connectivity index (χ4v) is 3.88. The van der Waals surface area contributed by atoms with Crippen LogP contribution in [-0.2, 0) is 0 Å². The molecule has 0 saturated carbocycles. The second-order valence-corrected chi connectivity index (χ2v) is 7.68. The molecule has 0 radical (unpaired) electrons. The van der Waals surface area contributed by atoms with Crippen LogP contribution in [0.15, 0.2) is 0 Å². The Morgan fingerprint density at radius 1 is 1.62 bits per heavy atom. The number of hydrogen-bond acceptors (Lipinski definition) is 2. The molecule has 0 aliphatic rings. The summed E-state index contributed by atoms with van der Waals surface area (Å²) in [4.78, 5) is 4.46. The molecule has 0 spiro atoms. The summed E-state index contributed by atoms with van der Waals surface area (Å²) in [5.74, 6) is 0. The fourth-order valence-electron chi connectivity index (χ4n) is 0.193. The summed E-state index contributed by atoms with van der Waals surface area (Å²) in [6, 6.07) is 0. The van der Waals surface area contributed by atoms with Crippen LogP contribution in [0.2, 0.25) is 0 Å². The first kappa shape index (κ1) is 8.97. The van der Waals surface area contributed by atoms with Gasteiger partial charge in [0.25, 0.3) is 0 Å². The number of hydrogen-bond donors (Lipinski definition) is 1. The molecule has 8 heavy (non-hydrogen) atoms. The van der Waals surface area contributed by atoms with Crippen molar-refractivity contribution < 1.29 is 0 Å². The van der Waals surface area contributed by atoms with Crippen molar-refractivity contribution in [3.63, 3.8) is 0 Å². The standard InChI is InChI=1S/C4H10INS2/c1-5(2)6-4(7)8-3/h1-3H3,(H,6,7). The zero-order valence-corrected chi connectivity index (χ0v) is 8.98. The molecule has 0 amide bonds. The van der Waals surface area contributed by atoms with E-state index in [1.807, 2.05) is 6.26 Å². The molecular formula is C4H10INS2. The number of nitrogens with one attached hydrogen (secondary N) is 1. The predicted molar refractivity (Wildman–Crippen MR) is 55.1 cm³/mol. The molecule has 0 rings (SSSR count). The van der Waals surface area contributed by atoms with Crippen molar-refractivity contribution in [1.82, 2.24) is 3.53 Å². The molecule has 1 nitrogen and oxygen atoms in total. The summed E-state index contributed by atoms with van der Waals surface area (Å²) in [7, 11) is 0. The quantitative estimate of drug-likeness (QED) is 0.336. The Morgan fingerprint density at radius 3 is 2.25 bits per heavy atom. The summed E-state index contributed by atoms with van der Waals surface area (Å²) in [5.41, 5.74) is 0. The van der Waals surface area contributed by atoms with Crippen LogP contribution >= 0.6 is 44.1 Å². The van der Waals surface area contributed by atoms with Crippen molar-refractivity contribution >= 4 is 48.4 Å². The predicted octanol–water partition coefficient (Wildman–Crippen LogP) is 1.90. The van der Waals surface area contributed by atoms with Gasteiger partial charge in [-0.1, -0.05) is 0 Å². The van der Waals surface area contributed by atoms with Gasteiger partial charge in [-0.3, -0.25) is 0 Å². The first-order valence-electron chi connectivity index (χ1n) is 2.01. The van der Waals surface area contributed by atoms with Crippen molar-refractivity contribution in [2.75, 3.05) is 16.1 Å². The molecule has 50 valence electrons. The van der Waals surface area contributed by atoms with Crippen LogP contribution in [-0.4, -0.2) is 20.4 Å². The summed E-state index contributed by atoms with van der Waals surface area (Å²) >= 11 is 5.73. The van der Waals surface area contributed by atoms with E-state index in [1.54, 1.807) is 11.8 Å². The third-order valence-corrected chi connectivity index (χ3v) is 3.88. The fraction of sp³-hybridized carbons (Fsp3) is 0.750. The van der Waals surface area contributed by atoms with Crippen molar-refractivity contribution in [2.45, 2.75) is 0 Å². The van der Waals surface area contributed by atoms with Gasteiger partial charge in [0, 0.05) is 0 Å². The van der Waals surface area contributed by atoms with Gasteiger partial charge in [-0.15, -0.1) is 0 Å². The first-order valence-corrected chi connectivity index (χ1v) is 9.04. The van der Waals surface area contributed by atoms with Gasteiger partial charge in [-0.2, -0.15) is 0 Å². The molecule has 0 saturated heterocycles. The third kappa shape index (κ3) is 5.11. The molecule has 0 unspecified atom stereocenters. The Balaban J connectivity index is 3.25. The molecule has 1 N–H and O–H groups in total. The van der Waals surface area contributed by atoms with E-state index in [4.69, 9.17) is 12.2 Å². The van der Waals surface area contributed by atoms with Crippen molar-refractivity contribution in [3.8, 4) is 0 Å². The Kier molecular flexibility index (Phi) is 5.40. The van der Waals surface area contributed by atoms with E-state index in [9.17, 15) is 0 Å². The molecule has 0 aliphatic heterocycles. The number of alkyl halides is 2. The molecule has 0 fully saturated rings. The zero-order chi connectivity index (χ0) is 6.57. The summed E-state index contributed by atoms with van der Waals surface area (Å²) in [6.07, 6.45) is 2.00. The average molecular weight is 263 g/mol. The van der Waals surface area contributed by atoms with Crippen LogP contribution < -0.4 is 3.53 Å².